The Labute approximate surface area is 115 Å². The Bertz CT molecular complexity index is 401. The number of para-hydroxylation sites is 1. The van der Waals surface area contributed by atoms with E-state index in [9.17, 15) is 5.11 Å². The molecule has 1 aliphatic carbocycles. The number of phenolic OH excluding ortho intramolecular Hbond substituents is 1. The number of aromatic hydroxyl groups is 1. The Balaban J connectivity index is 1.90. The van der Waals surface area contributed by atoms with E-state index in [1.165, 1.54) is 0 Å². The normalized spacial score (nSPS) is 23.3. The Kier molecular flexibility index (Phi) is 5.05. The molecule has 4 N–H and O–H groups in total. The Morgan fingerprint density at radius 2 is 2.05 bits per heavy atom. The third-order valence-corrected chi connectivity index (χ3v) is 3.74. The van der Waals surface area contributed by atoms with Crippen molar-refractivity contribution in [1.82, 2.24) is 5.32 Å². The van der Waals surface area contributed by atoms with Crippen molar-refractivity contribution < 1.29 is 9.84 Å². The molecule has 1 aliphatic rings. The van der Waals surface area contributed by atoms with E-state index >= 15 is 0 Å². The van der Waals surface area contributed by atoms with E-state index in [0.717, 1.165) is 31.2 Å². The molecule has 4 heteroatoms. The number of nitrogens with two attached hydrogens (primary N) is 1. The first-order chi connectivity index (χ1) is 9.20. The van der Waals surface area contributed by atoms with Gasteiger partial charge in [-0.1, -0.05) is 12.1 Å². The smallest absolute Gasteiger partial charge is 0.162 e. The zero-order valence-corrected chi connectivity index (χ0v) is 11.6. The highest BCUT2D eigenvalue weighted by Gasteiger charge is 2.18. The van der Waals surface area contributed by atoms with Crippen LogP contribution in [0.3, 0.4) is 0 Å². The first-order valence-electron chi connectivity index (χ1n) is 7.13. The fraction of sp³-hybridized carbons (Fsp3) is 0.600. The van der Waals surface area contributed by atoms with Gasteiger partial charge in [-0.2, -0.15) is 0 Å². The Morgan fingerprint density at radius 1 is 1.32 bits per heavy atom. The van der Waals surface area contributed by atoms with Gasteiger partial charge >= 0.3 is 0 Å². The standard InChI is InChI=1S/C15H24N2O2/c1-2-19-14-5-3-4-11(15(14)18)10-17-13-8-6-12(16)7-9-13/h3-5,12-13,17-18H,2,6-10,16H2,1H3. The van der Waals surface area contributed by atoms with E-state index in [0.29, 0.717) is 31.0 Å². The summed E-state index contributed by atoms with van der Waals surface area (Å²) in [5.41, 5.74) is 6.79. The maximum atomic E-state index is 10.1. The SMILES string of the molecule is CCOc1cccc(CNC2CCC(N)CC2)c1O. The minimum atomic E-state index is 0.254. The maximum absolute atomic E-state index is 10.1. The number of hydrogen-bond donors (Lipinski definition) is 3. The van der Waals surface area contributed by atoms with Crippen LogP contribution < -0.4 is 15.8 Å². The van der Waals surface area contributed by atoms with Crippen LogP contribution in [0.1, 0.15) is 38.2 Å². The van der Waals surface area contributed by atoms with Crippen LogP contribution in [0.4, 0.5) is 0 Å². The van der Waals surface area contributed by atoms with Crippen molar-refractivity contribution in [2.75, 3.05) is 6.61 Å². The second kappa shape index (κ2) is 6.78. The molecular formula is C15H24N2O2. The summed E-state index contributed by atoms with van der Waals surface area (Å²) in [6.45, 7) is 3.15. The van der Waals surface area contributed by atoms with Crippen LogP contribution in [-0.4, -0.2) is 23.8 Å². The van der Waals surface area contributed by atoms with Crippen molar-refractivity contribution >= 4 is 0 Å². The fourth-order valence-corrected chi connectivity index (χ4v) is 2.56. The number of rotatable bonds is 5. The first kappa shape index (κ1) is 14.2. The molecular weight excluding hydrogens is 240 g/mol. The minimum Gasteiger partial charge on any atom is -0.504 e. The molecule has 106 valence electrons. The molecule has 0 radical (unpaired) electrons. The highest BCUT2D eigenvalue weighted by Crippen LogP contribution is 2.30. The minimum absolute atomic E-state index is 0.254. The molecule has 0 unspecified atom stereocenters. The van der Waals surface area contributed by atoms with Gasteiger partial charge in [-0.25, -0.2) is 0 Å². The van der Waals surface area contributed by atoms with Crippen LogP contribution in [0.25, 0.3) is 0 Å². The summed E-state index contributed by atoms with van der Waals surface area (Å²) in [5.74, 6) is 0.817. The van der Waals surface area contributed by atoms with E-state index in [-0.39, 0.29) is 5.75 Å². The van der Waals surface area contributed by atoms with Crippen LogP contribution in [0, 0.1) is 0 Å². The molecule has 19 heavy (non-hydrogen) atoms. The van der Waals surface area contributed by atoms with Crippen molar-refractivity contribution in [1.29, 1.82) is 0 Å². The van der Waals surface area contributed by atoms with Gasteiger partial charge in [0.25, 0.3) is 0 Å². The highest BCUT2D eigenvalue weighted by molar-refractivity contribution is 5.45. The van der Waals surface area contributed by atoms with Crippen LogP contribution in [0.2, 0.25) is 0 Å². The van der Waals surface area contributed by atoms with E-state index < -0.39 is 0 Å². The molecule has 0 heterocycles. The molecule has 0 aliphatic heterocycles. The summed E-state index contributed by atoms with van der Waals surface area (Å²) in [4.78, 5) is 0. The maximum Gasteiger partial charge on any atom is 0.162 e. The predicted molar refractivity (Wildman–Crippen MR) is 76.3 cm³/mol. The summed E-state index contributed by atoms with van der Waals surface area (Å²) in [5, 5.41) is 13.6. The molecule has 0 spiro atoms. The van der Waals surface area contributed by atoms with Gasteiger partial charge in [-0.05, 0) is 38.7 Å². The lowest BCUT2D eigenvalue weighted by molar-refractivity contribution is 0.313. The van der Waals surface area contributed by atoms with Gasteiger partial charge in [-0.15, -0.1) is 0 Å². The van der Waals surface area contributed by atoms with Crippen molar-refractivity contribution in [2.45, 2.75) is 51.2 Å². The molecule has 4 nitrogen and oxygen atoms in total. The van der Waals surface area contributed by atoms with Gasteiger partial charge in [0.15, 0.2) is 11.5 Å². The largest absolute Gasteiger partial charge is 0.504 e. The van der Waals surface area contributed by atoms with Gasteiger partial charge in [0.1, 0.15) is 0 Å². The monoisotopic (exact) mass is 264 g/mol. The van der Waals surface area contributed by atoms with Crippen molar-refractivity contribution in [3.63, 3.8) is 0 Å². The first-order valence-corrected chi connectivity index (χ1v) is 7.13. The third-order valence-electron chi connectivity index (χ3n) is 3.74. The highest BCUT2D eigenvalue weighted by atomic mass is 16.5. The van der Waals surface area contributed by atoms with Crippen LogP contribution in [0.15, 0.2) is 18.2 Å². The molecule has 1 fully saturated rings. The van der Waals surface area contributed by atoms with Crippen molar-refractivity contribution in [3.8, 4) is 11.5 Å². The van der Waals surface area contributed by atoms with Gasteiger partial charge in [0, 0.05) is 24.2 Å². The number of benzene rings is 1. The van der Waals surface area contributed by atoms with Gasteiger partial charge in [0.2, 0.25) is 0 Å². The Hall–Kier alpha value is -1.26. The summed E-state index contributed by atoms with van der Waals surface area (Å²) >= 11 is 0. The lowest BCUT2D eigenvalue weighted by Gasteiger charge is -2.27. The van der Waals surface area contributed by atoms with Crippen molar-refractivity contribution in [2.24, 2.45) is 5.73 Å². The fourth-order valence-electron chi connectivity index (χ4n) is 2.56. The Morgan fingerprint density at radius 3 is 2.74 bits per heavy atom. The van der Waals surface area contributed by atoms with Gasteiger partial charge < -0.3 is 20.9 Å². The molecule has 0 atom stereocenters. The number of ether oxygens (including phenoxy) is 1. The second-order valence-electron chi connectivity index (χ2n) is 5.19. The molecule has 1 aromatic carbocycles. The molecule has 2 rings (SSSR count). The van der Waals surface area contributed by atoms with E-state index in [4.69, 9.17) is 10.5 Å². The third kappa shape index (κ3) is 3.85. The topological polar surface area (TPSA) is 67.5 Å². The zero-order chi connectivity index (χ0) is 13.7. The lowest BCUT2D eigenvalue weighted by Crippen LogP contribution is -2.37. The lowest BCUT2D eigenvalue weighted by atomic mass is 9.92. The summed E-state index contributed by atoms with van der Waals surface area (Å²) in [6.07, 6.45) is 4.41. The van der Waals surface area contributed by atoms with Crippen LogP contribution in [-0.2, 0) is 6.54 Å². The molecule has 1 aromatic rings. The van der Waals surface area contributed by atoms with E-state index in [1.54, 1.807) is 6.07 Å². The van der Waals surface area contributed by atoms with Crippen LogP contribution in [0.5, 0.6) is 11.5 Å². The van der Waals surface area contributed by atoms with E-state index in [1.807, 2.05) is 19.1 Å². The number of hydrogen-bond acceptors (Lipinski definition) is 4. The summed E-state index contributed by atoms with van der Waals surface area (Å²) in [6, 6.07) is 6.52. The zero-order valence-electron chi connectivity index (χ0n) is 11.6. The number of phenols is 1. The average molecular weight is 264 g/mol. The predicted octanol–water partition coefficient (Wildman–Crippen LogP) is 2.15. The quantitative estimate of drug-likeness (QED) is 0.762. The van der Waals surface area contributed by atoms with E-state index in [2.05, 4.69) is 5.32 Å². The molecule has 1 saturated carbocycles. The van der Waals surface area contributed by atoms with Gasteiger partial charge in [-0.3, -0.25) is 0 Å². The average Bonchev–Trinajstić information content (AvgIpc) is 2.42. The number of nitrogens with one attached hydrogen (secondary N) is 1. The van der Waals surface area contributed by atoms with Crippen LogP contribution >= 0.6 is 0 Å². The summed E-state index contributed by atoms with van der Waals surface area (Å²) < 4.78 is 5.39. The molecule has 0 bridgehead atoms. The molecule has 0 amide bonds. The molecule has 0 saturated heterocycles. The van der Waals surface area contributed by atoms with Crippen molar-refractivity contribution in [3.05, 3.63) is 23.8 Å². The second-order valence-corrected chi connectivity index (χ2v) is 5.19. The van der Waals surface area contributed by atoms with Gasteiger partial charge in [0.05, 0.1) is 6.61 Å². The molecule has 0 aromatic heterocycles. The summed E-state index contributed by atoms with van der Waals surface area (Å²) in [7, 11) is 0.